The minimum absolute atomic E-state index is 0.00209. The predicted molar refractivity (Wildman–Crippen MR) is 410 cm³/mol. The molecule has 3 heterocycles. The average Bonchev–Trinajstić information content (AvgIpc) is 1.36. The molecule has 1 aliphatic heterocycles. The molecule has 4 aromatic carbocycles. The summed E-state index contributed by atoms with van der Waals surface area (Å²) in [6, 6.07) is 15.7. The first-order valence-corrected chi connectivity index (χ1v) is 36.7. The lowest BCUT2D eigenvalue weighted by Crippen LogP contribution is -2.64. The smallest absolute Gasteiger partial charge is 0.273 e. The van der Waals surface area contributed by atoms with E-state index >= 15 is 9.59 Å². The number of nitrogens with one attached hydrogen (secondary N) is 13. The Morgan fingerprint density at radius 2 is 1.01 bits per heavy atom. The summed E-state index contributed by atoms with van der Waals surface area (Å²) < 4.78 is 0. The standard InChI is InChI=1S/C78H100N18O15/c1-44(2)35-59(69(102)88-58(18-11-12-31-82-45(3)4)78(111)96-34-14-19-66(96)76(109)84-46(5)67(79)101)89-70(103)61(37-50-21-26-56(27-22-50)85-47(6)98)90-71(104)62(38-51-23-28-57(29-24-51)86-48(7)99)91-75(108)65(43-97)93-72(105)63(40-53-15-13-30-80-41-53)92-77(110)68(95-74(107)64-42-81-32-33-83-64)94-73(106)60(87-49(8)100)39-52-20-25-54-16-9-10-17-55(54)36-52/h9-10,13,15-17,20-30,32-33,36,41-42,44-46,58-63,65-66,68,82,97H,11-12,14,18-19,31,34-35,37-40,43H2,1-8H3,(H2,79,101)(H,84,109)(H,85,98)(H,86,99)(H,87,100)(H,88,102)(H,89,103)(H,90,104)(H,91,108)(H,92,110)(H,93,105)(H,94,106)(H,95,107)/t46-,58+,59+,60-,61-,62+,63-,65+,66-,68-/m1/s1. The van der Waals surface area contributed by atoms with Crippen LogP contribution < -0.4 is 74.9 Å². The number of amides is 14. The Labute approximate surface area is 642 Å². The Bertz CT molecular complexity index is 4250. The van der Waals surface area contributed by atoms with Gasteiger partial charge in [-0.05, 0) is 121 Å². The van der Waals surface area contributed by atoms with Crippen LogP contribution in [0.1, 0.15) is 127 Å². The van der Waals surface area contributed by atoms with Crippen molar-refractivity contribution in [1.29, 1.82) is 0 Å². The Balaban J connectivity index is 1.18. The Kier molecular flexibility index (Phi) is 33.0. The first-order chi connectivity index (χ1) is 52.9. The number of hydrogen-bond acceptors (Lipinski definition) is 19. The lowest BCUT2D eigenvalue weighted by molar-refractivity contribution is -0.142. The number of aromatic nitrogens is 3. The maximum Gasteiger partial charge on any atom is 0.273 e. The van der Waals surface area contributed by atoms with Gasteiger partial charge in [0.2, 0.25) is 70.9 Å². The van der Waals surface area contributed by atoms with Crippen LogP contribution in [-0.4, -0.2) is 194 Å². The highest BCUT2D eigenvalue weighted by Crippen LogP contribution is 2.23. The molecule has 0 spiro atoms. The molecule has 33 heteroatoms. The number of rotatable bonds is 40. The largest absolute Gasteiger partial charge is 0.394 e. The molecule has 592 valence electrons. The zero-order valence-corrected chi connectivity index (χ0v) is 63.4. The van der Waals surface area contributed by atoms with Crippen molar-refractivity contribution >= 4 is 105 Å². The summed E-state index contributed by atoms with van der Waals surface area (Å²) in [4.78, 5) is 209. The number of fused-ring (bicyclic) bond motifs is 1. The number of carbonyl (C=O) groups excluding carboxylic acids is 14. The summed E-state index contributed by atoms with van der Waals surface area (Å²) in [6.07, 6.45) is 5.18. The van der Waals surface area contributed by atoms with Crippen molar-refractivity contribution in [3.63, 3.8) is 0 Å². The van der Waals surface area contributed by atoms with Gasteiger partial charge in [0.1, 0.15) is 60.1 Å². The first kappa shape index (κ1) is 86.1. The molecule has 1 fully saturated rings. The van der Waals surface area contributed by atoms with Crippen LogP contribution >= 0.6 is 0 Å². The van der Waals surface area contributed by atoms with E-state index in [0.717, 1.165) is 17.0 Å². The van der Waals surface area contributed by atoms with Crippen LogP contribution in [0.4, 0.5) is 11.4 Å². The molecule has 16 N–H and O–H groups in total. The van der Waals surface area contributed by atoms with E-state index in [2.05, 4.69) is 84.1 Å². The van der Waals surface area contributed by atoms with Crippen LogP contribution in [-0.2, 0) is 88.0 Å². The number of anilines is 2. The highest BCUT2D eigenvalue weighted by atomic mass is 16.3. The third-order valence-corrected chi connectivity index (χ3v) is 17.9. The van der Waals surface area contributed by atoms with Gasteiger partial charge in [-0.25, -0.2) is 4.98 Å². The van der Waals surface area contributed by atoms with Crippen LogP contribution in [0.15, 0.2) is 134 Å². The molecule has 33 nitrogen and oxygen atoms in total. The number of nitrogens with two attached hydrogens (primary N) is 1. The van der Waals surface area contributed by atoms with Crippen molar-refractivity contribution in [1.82, 2.24) is 78.3 Å². The number of primary amides is 1. The number of pyridine rings is 1. The number of aliphatic hydroxyl groups excluding tert-OH is 1. The van der Waals surface area contributed by atoms with Gasteiger partial charge in [0, 0.05) is 95.2 Å². The van der Waals surface area contributed by atoms with Crippen LogP contribution in [0.3, 0.4) is 0 Å². The molecule has 1 aliphatic rings. The van der Waals surface area contributed by atoms with Gasteiger partial charge in [-0.1, -0.05) is 100 Å². The first-order valence-electron chi connectivity index (χ1n) is 36.7. The maximum absolute atomic E-state index is 15.3. The fraction of sp³-hybridized carbons (Fsp3) is 0.423. The van der Waals surface area contributed by atoms with E-state index in [1.54, 1.807) is 68.4 Å². The van der Waals surface area contributed by atoms with Gasteiger partial charge < -0.3 is 84.9 Å². The average molecular weight is 1530 g/mol. The van der Waals surface area contributed by atoms with Gasteiger partial charge in [0.15, 0.2) is 6.17 Å². The topological polar surface area (TPSA) is 484 Å². The molecule has 111 heavy (non-hydrogen) atoms. The Morgan fingerprint density at radius 3 is 1.55 bits per heavy atom. The molecule has 0 unspecified atom stereocenters. The number of benzene rings is 4. The third-order valence-electron chi connectivity index (χ3n) is 17.9. The van der Waals surface area contributed by atoms with Crippen LogP contribution in [0.25, 0.3) is 10.8 Å². The minimum atomic E-state index is -2.02. The number of likely N-dealkylation sites (tertiary alicyclic amines) is 1. The fourth-order valence-electron chi connectivity index (χ4n) is 12.3. The Hall–Kier alpha value is -12.1. The highest BCUT2D eigenvalue weighted by molar-refractivity contribution is 6.01. The number of nitrogens with zero attached hydrogens (tertiary/aromatic N) is 4. The molecule has 7 rings (SSSR count). The number of aliphatic hydroxyl groups is 1. The van der Waals surface area contributed by atoms with Crippen LogP contribution in [0, 0.1) is 5.92 Å². The van der Waals surface area contributed by atoms with Crippen molar-refractivity contribution in [2.24, 2.45) is 11.7 Å². The molecular formula is C78H100N18O15. The number of carbonyl (C=O) groups is 14. The number of unbranched alkanes of at least 4 members (excludes halogenated alkanes) is 1. The summed E-state index contributed by atoms with van der Waals surface area (Å²) in [5.41, 5.74) is 7.71. The van der Waals surface area contributed by atoms with E-state index in [-0.39, 0.29) is 81.0 Å². The second-order valence-electron chi connectivity index (χ2n) is 28.0. The normalized spacial score (nSPS) is 14.9. The van der Waals surface area contributed by atoms with Gasteiger partial charge in [0.05, 0.1) is 12.8 Å². The van der Waals surface area contributed by atoms with Crippen molar-refractivity contribution in [3.05, 3.63) is 162 Å². The summed E-state index contributed by atoms with van der Waals surface area (Å²) in [5, 5.41) is 47.5. The predicted octanol–water partition coefficient (Wildman–Crippen LogP) is 0.686. The molecule has 0 radical (unpaired) electrons. The molecular weight excluding hydrogens is 1430 g/mol. The molecule has 6 aromatic rings. The SMILES string of the molecule is CC(=O)Nc1ccc(C[C@H](NC(=O)[C@H](CO)NC(=O)[C@@H](Cc2cccnc2)NC(=O)[C@@H](NC(=O)c2cnccn2)NC(=O)[C@@H](Cc2ccc3ccccc3c2)NC(C)=O)C(=O)N[C@H](Cc2ccc(NC(C)=O)cc2)C(=O)N[C@@H](CC(C)C)C(=O)N[C@@H](CCCCNC(C)C)C(=O)N2CCC[C@@H]2C(=O)N[C@H](C)C(N)=O)cc1. The second kappa shape index (κ2) is 42.6. The van der Waals surface area contributed by atoms with E-state index in [0.29, 0.717) is 59.4 Å². The molecule has 10 atom stereocenters. The minimum Gasteiger partial charge on any atom is -0.394 e. The van der Waals surface area contributed by atoms with E-state index in [1.807, 2.05) is 50.2 Å². The van der Waals surface area contributed by atoms with Crippen LogP contribution in [0.2, 0.25) is 0 Å². The molecule has 0 saturated carbocycles. The van der Waals surface area contributed by atoms with Crippen molar-refractivity contribution in [3.8, 4) is 0 Å². The summed E-state index contributed by atoms with van der Waals surface area (Å²) in [5.74, 6) is -11.7. The van der Waals surface area contributed by atoms with Gasteiger partial charge >= 0.3 is 0 Å². The lowest BCUT2D eigenvalue weighted by Gasteiger charge is -2.31. The molecule has 14 amide bonds. The monoisotopic (exact) mass is 1530 g/mol. The van der Waals surface area contributed by atoms with Gasteiger partial charge in [0.25, 0.3) is 11.8 Å². The molecule has 2 aromatic heterocycles. The van der Waals surface area contributed by atoms with Crippen molar-refractivity contribution < 1.29 is 72.2 Å². The lowest BCUT2D eigenvalue weighted by atomic mass is 9.99. The summed E-state index contributed by atoms with van der Waals surface area (Å²) in [6.45, 7) is 12.4. The van der Waals surface area contributed by atoms with Gasteiger partial charge in [-0.2, -0.15) is 0 Å². The van der Waals surface area contributed by atoms with Gasteiger partial charge in [-0.15, -0.1) is 0 Å². The molecule has 0 bridgehead atoms. The second-order valence-corrected chi connectivity index (χ2v) is 28.0. The zero-order valence-electron chi connectivity index (χ0n) is 63.4. The highest BCUT2D eigenvalue weighted by Gasteiger charge is 2.41. The van der Waals surface area contributed by atoms with Gasteiger partial charge in [-0.3, -0.25) is 77.1 Å². The molecule has 0 aliphatic carbocycles. The van der Waals surface area contributed by atoms with Crippen molar-refractivity contribution in [2.45, 2.75) is 186 Å². The van der Waals surface area contributed by atoms with E-state index in [1.165, 1.54) is 69.5 Å². The van der Waals surface area contributed by atoms with E-state index < -0.39 is 138 Å². The third kappa shape index (κ3) is 27.8. The zero-order chi connectivity index (χ0) is 80.8. The quantitative estimate of drug-likeness (QED) is 0.0186. The summed E-state index contributed by atoms with van der Waals surface area (Å²) >= 11 is 0. The maximum atomic E-state index is 15.3. The molecule has 1 saturated heterocycles. The van der Waals surface area contributed by atoms with Crippen LogP contribution in [0.5, 0.6) is 0 Å². The van der Waals surface area contributed by atoms with E-state index in [9.17, 15) is 62.6 Å². The number of hydrogen-bond donors (Lipinski definition) is 15. The fourth-order valence-corrected chi connectivity index (χ4v) is 12.3. The van der Waals surface area contributed by atoms with Crippen molar-refractivity contribution in [2.75, 3.05) is 30.3 Å². The Morgan fingerprint density at radius 1 is 0.495 bits per heavy atom. The summed E-state index contributed by atoms with van der Waals surface area (Å²) in [7, 11) is 0. The van der Waals surface area contributed by atoms with E-state index in [4.69, 9.17) is 5.73 Å².